The van der Waals surface area contributed by atoms with E-state index in [1.165, 1.54) is 12.1 Å². The van der Waals surface area contributed by atoms with Crippen molar-refractivity contribution in [3.63, 3.8) is 0 Å². The standard InChI is InChI=1S/C16H20N4O3/c1-20(2)13(11-6-4-5-7-14(11)23-3)10-17-16(22)12-8-9-15(21)19-18-12/h4-9,13H,10H2,1-3H3,(H,17,22)(H,19,21)/t13-/m1/s1. The van der Waals surface area contributed by atoms with E-state index in [1.807, 2.05) is 43.3 Å². The maximum Gasteiger partial charge on any atom is 0.271 e. The largest absolute Gasteiger partial charge is 0.496 e. The summed E-state index contributed by atoms with van der Waals surface area (Å²) < 4.78 is 5.39. The zero-order chi connectivity index (χ0) is 16.8. The number of aromatic amines is 1. The number of amides is 1. The molecule has 0 saturated carbocycles. The normalized spacial score (nSPS) is 12.0. The number of methoxy groups -OCH3 is 1. The van der Waals surface area contributed by atoms with Gasteiger partial charge in [0.25, 0.3) is 11.5 Å². The van der Waals surface area contributed by atoms with E-state index in [9.17, 15) is 9.59 Å². The van der Waals surface area contributed by atoms with Crippen molar-refractivity contribution in [1.29, 1.82) is 0 Å². The molecule has 1 amide bonds. The molecule has 2 N–H and O–H groups in total. The van der Waals surface area contributed by atoms with Crippen LogP contribution in [0.3, 0.4) is 0 Å². The van der Waals surface area contributed by atoms with Crippen LogP contribution in [-0.2, 0) is 0 Å². The van der Waals surface area contributed by atoms with Crippen molar-refractivity contribution in [2.45, 2.75) is 6.04 Å². The molecule has 0 aliphatic rings. The molecule has 0 aliphatic heterocycles. The van der Waals surface area contributed by atoms with Gasteiger partial charge in [-0.15, -0.1) is 0 Å². The molecule has 0 spiro atoms. The van der Waals surface area contributed by atoms with Gasteiger partial charge in [-0.3, -0.25) is 9.59 Å². The highest BCUT2D eigenvalue weighted by Crippen LogP contribution is 2.27. The van der Waals surface area contributed by atoms with Crippen LogP contribution in [-0.4, -0.2) is 48.8 Å². The first kappa shape index (κ1) is 16.7. The fourth-order valence-corrected chi connectivity index (χ4v) is 2.26. The first-order chi connectivity index (χ1) is 11.0. The highest BCUT2D eigenvalue weighted by Gasteiger charge is 2.19. The molecule has 7 nitrogen and oxygen atoms in total. The van der Waals surface area contributed by atoms with E-state index in [0.29, 0.717) is 6.54 Å². The average Bonchev–Trinajstić information content (AvgIpc) is 2.55. The molecule has 1 heterocycles. The molecule has 1 atom stereocenters. The summed E-state index contributed by atoms with van der Waals surface area (Å²) in [5, 5.41) is 8.79. The Balaban J connectivity index is 2.12. The third kappa shape index (κ3) is 4.17. The molecule has 0 saturated heterocycles. The monoisotopic (exact) mass is 316 g/mol. The number of aromatic nitrogens is 2. The second-order valence-electron chi connectivity index (χ2n) is 5.24. The Morgan fingerprint density at radius 2 is 2.04 bits per heavy atom. The van der Waals surface area contributed by atoms with Gasteiger partial charge in [-0.1, -0.05) is 18.2 Å². The summed E-state index contributed by atoms with van der Waals surface area (Å²) >= 11 is 0. The maximum atomic E-state index is 12.1. The van der Waals surface area contributed by atoms with E-state index >= 15 is 0 Å². The predicted octanol–water partition coefficient (Wildman–Crippen LogP) is 0.811. The summed E-state index contributed by atoms with van der Waals surface area (Å²) in [5.41, 5.74) is 0.804. The number of hydrogen-bond donors (Lipinski definition) is 2. The van der Waals surface area contributed by atoms with Gasteiger partial charge < -0.3 is 15.0 Å². The van der Waals surface area contributed by atoms with Crippen LogP contribution >= 0.6 is 0 Å². The van der Waals surface area contributed by atoms with Crippen LogP contribution in [0.4, 0.5) is 0 Å². The quantitative estimate of drug-likeness (QED) is 0.823. The van der Waals surface area contributed by atoms with Gasteiger partial charge in [-0.05, 0) is 26.2 Å². The van der Waals surface area contributed by atoms with Crippen molar-refractivity contribution in [1.82, 2.24) is 20.4 Å². The summed E-state index contributed by atoms with van der Waals surface area (Å²) in [4.78, 5) is 25.1. The maximum absolute atomic E-state index is 12.1. The third-order valence-electron chi connectivity index (χ3n) is 3.49. The Morgan fingerprint density at radius 1 is 1.30 bits per heavy atom. The van der Waals surface area contributed by atoms with Crippen molar-refractivity contribution in [2.24, 2.45) is 0 Å². The minimum absolute atomic E-state index is 0.0575. The van der Waals surface area contributed by atoms with Crippen molar-refractivity contribution in [3.8, 4) is 5.75 Å². The number of carbonyl (C=O) groups excluding carboxylic acids is 1. The van der Waals surface area contributed by atoms with E-state index in [0.717, 1.165) is 11.3 Å². The average molecular weight is 316 g/mol. The Labute approximate surface area is 134 Å². The fourth-order valence-electron chi connectivity index (χ4n) is 2.26. The highest BCUT2D eigenvalue weighted by atomic mass is 16.5. The van der Waals surface area contributed by atoms with E-state index in [2.05, 4.69) is 15.5 Å². The number of nitrogens with zero attached hydrogens (tertiary/aromatic N) is 2. The van der Waals surface area contributed by atoms with E-state index in [-0.39, 0.29) is 23.2 Å². The molecule has 1 aromatic heterocycles. The minimum atomic E-state index is -0.346. The van der Waals surface area contributed by atoms with Crippen molar-refractivity contribution in [3.05, 3.63) is 58.0 Å². The zero-order valence-electron chi connectivity index (χ0n) is 13.4. The highest BCUT2D eigenvalue weighted by molar-refractivity contribution is 5.92. The number of benzene rings is 1. The second-order valence-corrected chi connectivity index (χ2v) is 5.24. The molecule has 0 unspecified atom stereocenters. The Kier molecular flexibility index (Phi) is 5.48. The van der Waals surface area contributed by atoms with Gasteiger partial charge in [0.15, 0.2) is 0 Å². The minimum Gasteiger partial charge on any atom is -0.496 e. The molecule has 122 valence electrons. The Bertz CT molecular complexity index is 707. The number of hydrogen-bond acceptors (Lipinski definition) is 5. The third-order valence-corrected chi connectivity index (χ3v) is 3.49. The van der Waals surface area contributed by atoms with Crippen molar-refractivity contribution >= 4 is 5.91 Å². The molecule has 0 fully saturated rings. The SMILES string of the molecule is COc1ccccc1[C@@H](CNC(=O)c1ccc(=O)[nH]n1)N(C)C. The number of likely N-dealkylation sites (N-methyl/N-ethyl adjacent to an activating group) is 1. The number of ether oxygens (including phenoxy) is 1. The molecule has 2 rings (SSSR count). The van der Waals surface area contributed by atoms with Crippen LogP contribution in [0, 0.1) is 0 Å². The van der Waals surface area contributed by atoms with Crippen LogP contribution in [0.25, 0.3) is 0 Å². The number of para-hydroxylation sites is 1. The number of nitrogens with one attached hydrogen (secondary N) is 2. The molecule has 0 radical (unpaired) electrons. The summed E-state index contributed by atoms with van der Waals surface area (Å²) in [6.45, 7) is 0.382. The summed E-state index contributed by atoms with van der Waals surface area (Å²) in [6, 6.07) is 10.3. The Hall–Kier alpha value is -2.67. The second kappa shape index (κ2) is 7.55. The van der Waals surface area contributed by atoms with Crippen LogP contribution in [0.2, 0.25) is 0 Å². The van der Waals surface area contributed by atoms with Gasteiger partial charge in [-0.25, -0.2) is 5.10 Å². The van der Waals surface area contributed by atoms with Gasteiger partial charge >= 0.3 is 0 Å². The molecule has 7 heteroatoms. The smallest absolute Gasteiger partial charge is 0.271 e. The molecular weight excluding hydrogens is 296 g/mol. The van der Waals surface area contributed by atoms with Gasteiger partial charge in [0.1, 0.15) is 11.4 Å². The molecule has 23 heavy (non-hydrogen) atoms. The van der Waals surface area contributed by atoms with Gasteiger partial charge in [-0.2, -0.15) is 5.10 Å². The first-order valence-corrected chi connectivity index (χ1v) is 7.16. The molecular formula is C16H20N4O3. The lowest BCUT2D eigenvalue weighted by Crippen LogP contribution is -2.35. The summed E-state index contributed by atoms with van der Waals surface area (Å²) in [6.07, 6.45) is 0. The lowest BCUT2D eigenvalue weighted by molar-refractivity contribution is 0.0935. The molecule has 2 aromatic rings. The van der Waals surface area contributed by atoms with Gasteiger partial charge in [0.05, 0.1) is 13.2 Å². The van der Waals surface area contributed by atoms with Gasteiger partial charge in [0.2, 0.25) is 0 Å². The summed E-state index contributed by atoms with van der Waals surface area (Å²) in [7, 11) is 5.48. The van der Waals surface area contributed by atoms with Gasteiger partial charge in [0, 0.05) is 18.2 Å². The number of rotatable bonds is 6. The van der Waals surface area contributed by atoms with Crippen LogP contribution in [0.15, 0.2) is 41.2 Å². The van der Waals surface area contributed by atoms with Crippen molar-refractivity contribution < 1.29 is 9.53 Å². The Morgan fingerprint density at radius 3 is 2.65 bits per heavy atom. The van der Waals surface area contributed by atoms with Crippen LogP contribution in [0.5, 0.6) is 5.75 Å². The van der Waals surface area contributed by atoms with E-state index in [4.69, 9.17) is 4.74 Å². The molecule has 1 aromatic carbocycles. The zero-order valence-corrected chi connectivity index (χ0v) is 13.4. The number of carbonyl (C=O) groups is 1. The topological polar surface area (TPSA) is 87.3 Å². The summed E-state index contributed by atoms with van der Waals surface area (Å²) in [5.74, 6) is 0.422. The van der Waals surface area contributed by atoms with Crippen LogP contribution < -0.4 is 15.6 Å². The lowest BCUT2D eigenvalue weighted by Gasteiger charge is -2.26. The van der Waals surface area contributed by atoms with Crippen molar-refractivity contribution in [2.75, 3.05) is 27.7 Å². The number of H-pyrrole nitrogens is 1. The molecule has 0 bridgehead atoms. The van der Waals surface area contributed by atoms with E-state index < -0.39 is 0 Å². The predicted molar refractivity (Wildman–Crippen MR) is 86.6 cm³/mol. The lowest BCUT2D eigenvalue weighted by atomic mass is 10.0. The van der Waals surface area contributed by atoms with Crippen LogP contribution in [0.1, 0.15) is 22.1 Å². The molecule has 0 aliphatic carbocycles. The van der Waals surface area contributed by atoms with E-state index in [1.54, 1.807) is 7.11 Å². The fraction of sp³-hybridized carbons (Fsp3) is 0.312. The first-order valence-electron chi connectivity index (χ1n) is 7.16.